The van der Waals surface area contributed by atoms with Gasteiger partial charge >= 0.3 is 0 Å². The molecule has 0 aromatic heterocycles. The molecule has 0 aliphatic carbocycles. The number of benzene rings is 2. The fourth-order valence-corrected chi connectivity index (χ4v) is 4.33. The van der Waals surface area contributed by atoms with Crippen molar-refractivity contribution in [2.45, 2.75) is 18.2 Å². The molecule has 4 nitrogen and oxygen atoms in total. The van der Waals surface area contributed by atoms with E-state index in [0.717, 1.165) is 17.7 Å². The molecule has 1 saturated heterocycles. The first kappa shape index (κ1) is 16.9. The van der Waals surface area contributed by atoms with Crippen molar-refractivity contribution < 1.29 is 12.8 Å². The molecular formula is C18H21FN2O2S. The number of halogens is 1. The van der Waals surface area contributed by atoms with E-state index in [1.165, 1.54) is 16.4 Å². The average molecular weight is 348 g/mol. The number of hydrogen-bond donors (Lipinski definition) is 0. The summed E-state index contributed by atoms with van der Waals surface area (Å²) in [7, 11) is -3.47. The van der Waals surface area contributed by atoms with Crippen LogP contribution < -0.4 is 4.90 Å². The minimum atomic E-state index is -3.47. The monoisotopic (exact) mass is 348 g/mol. The van der Waals surface area contributed by atoms with E-state index in [9.17, 15) is 12.8 Å². The van der Waals surface area contributed by atoms with Crippen molar-refractivity contribution >= 4 is 15.7 Å². The first-order chi connectivity index (χ1) is 11.5. The zero-order valence-electron chi connectivity index (χ0n) is 13.7. The lowest BCUT2D eigenvalue weighted by Gasteiger charge is -2.35. The van der Waals surface area contributed by atoms with Crippen LogP contribution in [-0.4, -0.2) is 38.9 Å². The predicted octanol–water partition coefficient (Wildman–Crippen LogP) is 2.90. The molecule has 6 heteroatoms. The summed E-state index contributed by atoms with van der Waals surface area (Å²) in [5, 5.41) is 0. The minimum absolute atomic E-state index is 0.279. The standard InChI is InChI=1S/C18H21FN2O2S/c1-2-15-6-8-18(9-7-15)24(22,23)21-12-10-20(11-13-21)17-5-3-4-16(19)14-17/h3-9,14H,2,10-13H2,1H3. The third kappa shape index (κ3) is 3.44. The second kappa shape index (κ2) is 6.91. The van der Waals surface area contributed by atoms with Crippen molar-refractivity contribution in [2.24, 2.45) is 0 Å². The molecule has 0 radical (unpaired) electrons. The summed E-state index contributed by atoms with van der Waals surface area (Å²) in [5.74, 6) is -0.279. The summed E-state index contributed by atoms with van der Waals surface area (Å²) in [6, 6.07) is 13.5. The lowest BCUT2D eigenvalue weighted by molar-refractivity contribution is 0.384. The molecule has 0 atom stereocenters. The van der Waals surface area contributed by atoms with Crippen LogP contribution in [0, 0.1) is 5.82 Å². The first-order valence-electron chi connectivity index (χ1n) is 8.10. The summed E-state index contributed by atoms with van der Waals surface area (Å²) in [5.41, 5.74) is 1.91. The third-order valence-corrected chi connectivity index (χ3v) is 6.29. The average Bonchev–Trinajstić information content (AvgIpc) is 2.62. The van der Waals surface area contributed by atoms with Crippen molar-refractivity contribution in [1.82, 2.24) is 4.31 Å². The van der Waals surface area contributed by atoms with Gasteiger partial charge in [0.05, 0.1) is 4.90 Å². The normalized spacial score (nSPS) is 16.3. The number of rotatable bonds is 4. The van der Waals surface area contributed by atoms with Crippen LogP contribution >= 0.6 is 0 Å². The Labute approximate surface area is 142 Å². The van der Waals surface area contributed by atoms with E-state index < -0.39 is 10.0 Å². The number of sulfonamides is 1. The first-order valence-corrected chi connectivity index (χ1v) is 9.54. The van der Waals surface area contributed by atoms with Crippen molar-refractivity contribution in [3.8, 4) is 0 Å². The molecule has 1 fully saturated rings. The van der Waals surface area contributed by atoms with Gasteiger partial charge in [-0.1, -0.05) is 25.1 Å². The number of aryl methyl sites for hydroxylation is 1. The summed E-state index contributed by atoms with van der Waals surface area (Å²) in [6.45, 7) is 3.93. The Morgan fingerprint density at radius 3 is 2.25 bits per heavy atom. The second-order valence-corrected chi connectivity index (χ2v) is 7.81. The Morgan fingerprint density at radius 1 is 1.00 bits per heavy atom. The molecule has 0 amide bonds. The summed E-state index contributed by atoms with van der Waals surface area (Å²) < 4.78 is 40.3. The van der Waals surface area contributed by atoms with Gasteiger partial charge in [0.25, 0.3) is 0 Å². The van der Waals surface area contributed by atoms with Crippen molar-refractivity contribution in [2.75, 3.05) is 31.1 Å². The molecule has 1 heterocycles. The van der Waals surface area contributed by atoms with Crippen LogP contribution in [0.3, 0.4) is 0 Å². The summed E-state index contributed by atoms with van der Waals surface area (Å²) in [6.07, 6.45) is 0.882. The van der Waals surface area contributed by atoms with Gasteiger partial charge in [-0.2, -0.15) is 4.31 Å². The van der Waals surface area contributed by atoms with Crippen molar-refractivity contribution in [3.05, 3.63) is 59.9 Å². The third-order valence-electron chi connectivity index (χ3n) is 4.38. The van der Waals surface area contributed by atoms with Gasteiger partial charge in [0.1, 0.15) is 5.82 Å². The van der Waals surface area contributed by atoms with Crippen LogP contribution in [0.5, 0.6) is 0 Å². The van der Waals surface area contributed by atoms with Gasteiger partial charge < -0.3 is 4.90 Å². The van der Waals surface area contributed by atoms with Gasteiger partial charge in [0.2, 0.25) is 10.0 Å². The largest absolute Gasteiger partial charge is 0.369 e. The highest BCUT2D eigenvalue weighted by Crippen LogP contribution is 2.22. The maximum atomic E-state index is 13.3. The van der Waals surface area contributed by atoms with Crippen molar-refractivity contribution in [1.29, 1.82) is 0 Å². The molecule has 2 aromatic rings. The van der Waals surface area contributed by atoms with E-state index in [0.29, 0.717) is 31.1 Å². The molecule has 128 valence electrons. The van der Waals surface area contributed by atoms with Crippen LogP contribution in [0.15, 0.2) is 53.4 Å². The van der Waals surface area contributed by atoms with Crippen LogP contribution in [-0.2, 0) is 16.4 Å². The van der Waals surface area contributed by atoms with Crippen LogP contribution in [0.25, 0.3) is 0 Å². The van der Waals surface area contributed by atoms with E-state index in [4.69, 9.17) is 0 Å². The maximum Gasteiger partial charge on any atom is 0.243 e. The molecule has 2 aromatic carbocycles. The van der Waals surface area contributed by atoms with Gasteiger partial charge in [0, 0.05) is 31.9 Å². The molecule has 0 unspecified atom stereocenters. The Bertz CT molecular complexity index is 798. The highest BCUT2D eigenvalue weighted by molar-refractivity contribution is 7.89. The molecule has 1 aliphatic heterocycles. The molecule has 0 N–H and O–H groups in total. The molecule has 1 aliphatic rings. The number of nitrogens with zero attached hydrogens (tertiary/aromatic N) is 2. The van der Waals surface area contributed by atoms with E-state index in [-0.39, 0.29) is 5.82 Å². The lowest BCUT2D eigenvalue weighted by Crippen LogP contribution is -2.48. The van der Waals surface area contributed by atoms with E-state index in [1.54, 1.807) is 18.2 Å². The van der Waals surface area contributed by atoms with Crippen LogP contribution in [0.1, 0.15) is 12.5 Å². The molecule has 0 spiro atoms. The molecule has 0 bridgehead atoms. The number of piperazine rings is 1. The van der Waals surface area contributed by atoms with Gasteiger partial charge in [0.15, 0.2) is 0 Å². The highest BCUT2D eigenvalue weighted by Gasteiger charge is 2.28. The Kier molecular flexibility index (Phi) is 4.87. The van der Waals surface area contributed by atoms with Crippen LogP contribution in [0.4, 0.5) is 10.1 Å². The fourth-order valence-electron chi connectivity index (χ4n) is 2.91. The van der Waals surface area contributed by atoms with Gasteiger partial charge in [-0.15, -0.1) is 0 Å². The zero-order chi connectivity index (χ0) is 17.2. The van der Waals surface area contributed by atoms with Gasteiger partial charge in [-0.3, -0.25) is 0 Å². The molecular weight excluding hydrogens is 327 g/mol. The Hall–Kier alpha value is -1.92. The highest BCUT2D eigenvalue weighted by atomic mass is 32.2. The predicted molar refractivity (Wildman–Crippen MR) is 93.2 cm³/mol. The molecule has 24 heavy (non-hydrogen) atoms. The second-order valence-electron chi connectivity index (χ2n) is 5.87. The zero-order valence-corrected chi connectivity index (χ0v) is 14.5. The molecule has 3 rings (SSSR count). The maximum absolute atomic E-state index is 13.3. The Morgan fingerprint density at radius 2 is 1.67 bits per heavy atom. The summed E-state index contributed by atoms with van der Waals surface area (Å²) in [4.78, 5) is 2.34. The number of anilines is 1. The lowest BCUT2D eigenvalue weighted by atomic mass is 10.2. The van der Waals surface area contributed by atoms with E-state index >= 15 is 0 Å². The van der Waals surface area contributed by atoms with E-state index in [2.05, 4.69) is 0 Å². The van der Waals surface area contributed by atoms with Crippen LogP contribution in [0.2, 0.25) is 0 Å². The quantitative estimate of drug-likeness (QED) is 0.853. The number of hydrogen-bond acceptors (Lipinski definition) is 3. The fraction of sp³-hybridized carbons (Fsp3) is 0.333. The van der Waals surface area contributed by atoms with E-state index in [1.807, 2.05) is 30.0 Å². The van der Waals surface area contributed by atoms with Gasteiger partial charge in [-0.25, -0.2) is 12.8 Å². The van der Waals surface area contributed by atoms with Crippen molar-refractivity contribution in [3.63, 3.8) is 0 Å². The van der Waals surface area contributed by atoms with Gasteiger partial charge in [-0.05, 0) is 42.3 Å². The molecule has 0 saturated carbocycles. The minimum Gasteiger partial charge on any atom is -0.369 e. The SMILES string of the molecule is CCc1ccc(S(=O)(=O)N2CCN(c3cccc(F)c3)CC2)cc1. The smallest absolute Gasteiger partial charge is 0.243 e. The Balaban J connectivity index is 1.71. The topological polar surface area (TPSA) is 40.6 Å². The summed E-state index contributed by atoms with van der Waals surface area (Å²) >= 11 is 0.